The van der Waals surface area contributed by atoms with Gasteiger partial charge in [0.2, 0.25) is 5.91 Å². The van der Waals surface area contributed by atoms with Crippen LogP contribution in [0.25, 0.3) is 11.0 Å². The first-order chi connectivity index (χ1) is 14.9. The van der Waals surface area contributed by atoms with Gasteiger partial charge in [-0.05, 0) is 17.7 Å². The maximum absolute atomic E-state index is 13.2. The Morgan fingerprint density at radius 2 is 2.00 bits per heavy atom. The summed E-state index contributed by atoms with van der Waals surface area (Å²) < 4.78 is 1.63. The number of thioether (sulfide) groups is 1. The third kappa shape index (κ3) is 4.35. The molecule has 0 bridgehead atoms. The van der Waals surface area contributed by atoms with Crippen molar-refractivity contribution in [2.45, 2.75) is 10.3 Å². The van der Waals surface area contributed by atoms with Crippen LogP contribution in [0.3, 0.4) is 0 Å². The molecule has 2 aromatic heterocycles. The number of hydrogen-bond donors (Lipinski definition) is 1. The van der Waals surface area contributed by atoms with Gasteiger partial charge in [0.25, 0.3) is 5.69 Å². The number of amides is 1. The van der Waals surface area contributed by atoms with Crippen LogP contribution in [0.2, 0.25) is 5.02 Å². The van der Waals surface area contributed by atoms with E-state index in [9.17, 15) is 14.9 Å². The van der Waals surface area contributed by atoms with Gasteiger partial charge in [0.05, 0.1) is 16.5 Å². The Morgan fingerprint density at radius 3 is 2.74 bits per heavy atom. The van der Waals surface area contributed by atoms with E-state index in [1.807, 2.05) is 30.3 Å². The van der Waals surface area contributed by atoms with E-state index in [-0.39, 0.29) is 22.3 Å². The van der Waals surface area contributed by atoms with Crippen molar-refractivity contribution in [3.63, 3.8) is 0 Å². The largest absolute Gasteiger partial charge is 0.325 e. The molecule has 1 amide bonds. The highest BCUT2D eigenvalue weighted by Gasteiger charge is 2.25. The first kappa shape index (κ1) is 20.8. The van der Waals surface area contributed by atoms with Crippen LogP contribution in [0, 0.1) is 10.1 Å². The Morgan fingerprint density at radius 1 is 1.23 bits per heavy atom. The maximum atomic E-state index is 13.2. The van der Waals surface area contributed by atoms with Crippen molar-refractivity contribution in [1.29, 1.82) is 0 Å². The van der Waals surface area contributed by atoms with Crippen molar-refractivity contribution in [3.8, 4) is 0 Å². The van der Waals surface area contributed by atoms with Gasteiger partial charge < -0.3 is 5.32 Å². The molecule has 0 aliphatic rings. The number of fused-ring (bicyclic) bond motifs is 1. The summed E-state index contributed by atoms with van der Waals surface area (Å²) in [5.41, 5.74) is 1.40. The Hall–Kier alpha value is -3.50. The fourth-order valence-electron chi connectivity index (χ4n) is 2.99. The van der Waals surface area contributed by atoms with Crippen molar-refractivity contribution in [2.24, 2.45) is 7.05 Å². The third-order valence-corrected chi connectivity index (χ3v) is 6.06. The molecule has 4 rings (SSSR count). The summed E-state index contributed by atoms with van der Waals surface area (Å²) in [6.07, 6.45) is 3.08. The van der Waals surface area contributed by atoms with Gasteiger partial charge in [0.1, 0.15) is 21.6 Å². The second-order valence-electron chi connectivity index (χ2n) is 6.51. The van der Waals surface area contributed by atoms with Crippen LogP contribution < -0.4 is 5.32 Å². The van der Waals surface area contributed by atoms with Gasteiger partial charge in [0.15, 0.2) is 5.65 Å². The number of nitrogens with one attached hydrogen (secondary N) is 1. The fraction of sp³-hybridized carbons (Fsp3) is 0.100. The lowest BCUT2D eigenvalue weighted by Crippen LogP contribution is -2.19. The smallest absolute Gasteiger partial charge is 0.289 e. The minimum Gasteiger partial charge on any atom is -0.325 e. The number of nitrogens with zero attached hydrogens (tertiary/aromatic N) is 5. The number of halogens is 1. The van der Waals surface area contributed by atoms with Gasteiger partial charge >= 0.3 is 0 Å². The minimum absolute atomic E-state index is 0.00283. The second kappa shape index (κ2) is 8.70. The van der Waals surface area contributed by atoms with Gasteiger partial charge in [0, 0.05) is 18.8 Å². The first-order valence-corrected chi connectivity index (χ1v) is 10.3. The molecule has 0 aliphatic carbocycles. The van der Waals surface area contributed by atoms with Crippen molar-refractivity contribution < 1.29 is 9.72 Å². The summed E-state index contributed by atoms with van der Waals surface area (Å²) in [4.78, 5) is 32.4. The molecule has 9 nitrogen and oxygen atoms in total. The summed E-state index contributed by atoms with van der Waals surface area (Å²) in [5.74, 6) is -0.358. The summed E-state index contributed by atoms with van der Waals surface area (Å²) in [6.45, 7) is 0. The molecule has 0 aliphatic heterocycles. The zero-order valence-corrected chi connectivity index (χ0v) is 17.7. The van der Waals surface area contributed by atoms with E-state index in [2.05, 4.69) is 20.4 Å². The number of hydrogen-bond acceptors (Lipinski definition) is 7. The van der Waals surface area contributed by atoms with Crippen LogP contribution in [0.15, 0.2) is 66.1 Å². The standard InChI is InChI=1S/C20H15ClN6O3S/c1-26-18-14(10-24-26)20(23-11-22-18)31-17(12-5-3-2-4-6-12)19(28)25-13-7-8-15(21)16(9-13)27(29)30/h2-11,17H,1H3,(H,25,28). The lowest BCUT2D eigenvalue weighted by atomic mass is 10.1. The molecule has 0 saturated heterocycles. The predicted octanol–water partition coefficient (Wildman–Crippen LogP) is 4.40. The molecule has 2 aromatic carbocycles. The van der Waals surface area contributed by atoms with Gasteiger partial charge in [-0.1, -0.05) is 53.7 Å². The van der Waals surface area contributed by atoms with Crippen molar-refractivity contribution >= 4 is 51.7 Å². The number of benzene rings is 2. The summed E-state index contributed by atoms with van der Waals surface area (Å²) in [7, 11) is 1.78. The summed E-state index contributed by atoms with van der Waals surface area (Å²) in [6, 6.07) is 13.3. The lowest BCUT2D eigenvalue weighted by Gasteiger charge is -2.17. The maximum Gasteiger partial charge on any atom is 0.289 e. The van der Waals surface area contributed by atoms with Gasteiger partial charge in [-0.25, -0.2) is 9.97 Å². The Kier molecular flexibility index (Phi) is 5.83. The minimum atomic E-state index is -0.672. The topological polar surface area (TPSA) is 116 Å². The number of anilines is 1. The van der Waals surface area contributed by atoms with E-state index in [4.69, 9.17) is 11.6 Å². The first-order valence-electron chi connectivity index (χ1n) is 9.03. The van der Waals surface area contributed by atoms with Gasteiger partial charge in [-0.3, -0.25) is 19.6 Å². The fourth-order valence-corrected chi connectivity index (χ4v) is 4.23. The second-order valence-corrected chi connectivity index (χ2v) is 8.01. The number of carbonyl (C=O) groups is 1. The SMILES string of the molecule is Cn1ncc2c(SC(C(=O)Nc3ccc(Cl)c([N+](=O)[O-])c3)c3ccccc3)ncnc21. The van der Waals surface area contributed by atoms with Crippen LogP contribution in [-0.4, -0.2) is 30.6 Å². The number of aryl methyl sites for hydroxylation is 1. The zero-order chi connectivity index (χ0) is 22.0. The molecule has 31 heavy (non-hydrogen) atoms. The molecule has 0 radical (unpaired) electrons. The van der Waals surface area contributed by atoms with Crippen molar-refractivity contribution in [1.82, 2.24) is 19.7 Å². The summed E-state index contributed by atoms with van der Waals surface area (Å²) in [5, 5.41) is 18.8. The Bertz CT molecular complexity index is 1280. The van der Waals surface area contributed by atoms with E-state index >= 15 is 0 Å². The number of rotatable bonds is 6. The molecule has 156 valence electrons. The zero-order valence-electron chi connectivity index (χ0n) is 16.1. The van der Waals surface area contributed by atoms with Crippen LogP contribution in [0.1, 0.15) is 10.8 Å². The molecule has 0 fully saturated rings. The molecule has 1 unspecified atom stereocenters. The molecular formula is C20H15ClN6O3S. The van der Waals surface area contributed by atoms with Crippen molar-refractivity contribution in [3.05, 3.63) is 81.8 Å². The van der Waals surface area contributed by atoms with E-state index < -0.39 is 10.2 Å². The average molecular weight is 455 g/mol. The predicted molar refractivity (Wildman–Crippen MR) is 118 cm³/mol. The van der Waals surface area contributed by atoms with Crippen LogP contribution >= 0.6 is 23.4 Å². The average Bonchev–Trinajstić information content (AvgIpc) is 3.15. The van der Waals surface area contributed by atoms with E-state index in [1.54, 1.807) is 17.9 Å². The molecule has 0 spiro atoms. The molecule has 4 aromatic rings. The van der Waals surface area contributed by atoms with E-state index in [0.717, 1.165) is 10.9 Å². The third-order valence-electron chi connectivity index (χ3n) is 4.47. The quantitative estimate of drug-likeness (QED) is 0.198. The highest BCUT2D eigenvalue weighted by atomic mass is 35.5. The van der Waals surface area contributed by atoms with Crippen LogP contribution in [0.5, 0.6) is 0 Å². The van der Waals surface area contributed by atoms with Crippen LogP contribution in [0.4, 0.5) is 11.4 Å². The number of nitro groups is 1. The van der Waals surface area contributed by atoms with Gasteiger partial charge in [-0.15, -0.1) is 0 Å². The normalized spacial score (nSPS) is 11.9. The molecule has 1 N–H and O–H groups in total. The molecular weight excluding hydrogens is 440 g/mol. The molecule has 2 heterocycles. The number of carbonyl (C=O) groups excluding carboxylic acids is 1. The van der Waals surface area contributed by atoms with Crippen LogP contribution in [-0.2, 0) is 11.8 Å². The molecule has 0 saturated carbocycles. The van der Waals surface area contributed by atoms with Gasteiger partial charge in [-0.2, -0.15) is 5.10 Å². The molecule has 11 heteroatoms. The highest BCUT2D eigenvalue weighted by molar-refractivity contribution is 8.00. The number of nitro benzene ring substituents is 1. The van der Waals surface area contributed by atoms with E-state index in [0.29, 0.717) is 10.7 Å². The lowest BCUT2D eigenvalue weighted by molar-refractivity contribution is -0.384. The van der Waals surface area contributed by atoms with E-state index in [1.165, 1.54) is 36.3 Å². The monoisotopic (exact) mass is 454 g/mol. The highest BCUT2D eigenvalue weighted by Crippen LogP contribution is 2.38. The van der Waals surface area contributed by atoms with Crippen molar-refractivity contribution in [2.75, 3.05) is 5.32 Å². The summed E-state index contributed by atoms with van der Waals surface area (Å²) >= 11 is 7.12. The Balaban J connectivity index is 1.68. The number of aromatic nitrogens is 4. The molecule has 1 atom stereocenters. The Labute approximate surface area is 185 Å².